The van der Waals surface area contributed by atoms with Crippen LogP contribution in [-0.4, -0.2) is 42.5 Å². The zero-order chi connectivity index (χ0) is 16.7. The smallest absolute Gasteiger partial charge is 0.315 e. The quantitative estimate of drug-likeness (QED) is 0.872. The van der Waals surface area contributed by atoms with Gasteiger partial charge in [0.1, 0.15) is 5.82 Å². The number of nitrogens with zero attached hydrogens (tertiary/aromatic N) is 1. The lowest BCUT2D eigenvalue weighted by Gasteiger charge is -2.32. The van der Waals surface area contributed by atoms with E-state index >= 15 is 0 Å². The van der Waals surface area contributed by atoms with Gasteiger partial charge < -0.3 is 15.5 Å². The zero-order valence-electron chi connectivity index (χ0n) is 13.5. The molecule has 23 heavy (non-hydrogen) atoms. The second-order valence-corrected chi connectivity index (χ2v) is 5.86. The monoisotopic (exact) mass is 321 g/mol. The van der Waals surface area contributed by atoms with Gasteiger partial charge in [0.15, 0.2) is 0 Å². The van der Waals surface area contributed by atoms with Crippen LogP contribution in [0.3, 0.4) is 0 Å². The zero-order valence-corrected chi connectivity index (χ0v) is 13.5. The standard InChI is InChI=1S/C17H24FN3O2/c1-2-8-19-17(23)20-15-6-9-21(10-7-15)16(22)12-13-4-3-5-14(18)11-13/h3-5,11,15H,2,6-10,12H2,1H3,(H2,19,20,23). The minimum absolute atomic E-state index is 0.00415. The number of halogens is 1. The Morgan fingerprint density at radius 1 is 1.30 bits per heavy atom. The van der Waals surface area contributed by atoms with E-state index in [4.69, 9.17) is 0 Å². The summed E-state index contributed by atoms with van der Waals surface area (Å²) < 4.78 is 13.1. The maximum atomic E-state index is 13.1. The van der Waals surface area contributed by atoms with Gasteiger partial charge in [-0.1, -0.05) is 19.1 Å². The molecular weight excluding hydrogens is 297 g/mol. The van der Waals surface area contributed by atoms with Gasteiger partial charge in [-0.3, -0.25) is 4.79 Å². The van der Waals surface area contributed by atoms with E-state index in [1.165, 1.54) is 12.1 Å². The molecule has 1 aliphatic heterocycles. The fourth-order valence-electron chi connectivity index (χ4n) is 2.68. The molecule has 1 saturated heterocycles. The van der Waals surface area contributed by atoms with Gasteiger partial charge >= 0.3 is 6.03 Å². The molecule has 1 aromatic rings. The second-order valence-electron chi connectivity index (χ2n) is 5.86. The molecular formula is C17H24FN3O2. The van der Waals surface area contributed by atoms with Crippen molar-refractivity contribution in [2.45, 2.75) is 38.6 Å². The molecule has 2 N–H and O–H groups in total. The molecule has 0 aliphatic carbocycles. The summed E-state index contributed by atoms with van der Waals surface area (Å²) in [6.07, 6.45) is 2.61. The Morgan fingerprint density at radius 3 is 2.70 bits per heavy atom. The van der Waals surface area contributed by atoms with E-state index in [0.717, 1.165) is 19.3 Å². The van der Waals surface area contributed by atoms with Gasteiger partial charge in [0.2, 0.25) is 5.91 Å². The number of carbonyl (C=O) groups is 2. The third-order valence-electron chi connectivity index (χ3n) is 3.96. The van der Waals surface area contributed by atoms with Crippen molar-refractivity contribution >= 4 is 11.9 Å². The number of nitrogens with one attached hydrogen (secondary N) is 2. The van der Waals surface area contributed by atoms with Gasteiger partial charge in [-0.05, 0) is 37.0 Å². The van der Waals surface area contributed by atoms with Crippen LogP contribution in [0.1, 0.15) is 31.7 Å². The highest BCUT2D eigenvalue weighted by atomic mass is 19.1. The molecule has 126 valence electrons. The molecule has 0 aromatic heterocycles. The summed E-state index contributed by atoms with van der Waals surface area (Å²) in [4.78, 5) is 25.7. The fourth-order valence-corrected chi connectivity index (χ4v) is 2.68. The van der Waals surface area contributed by atoms with Gasteiger partial charge in [-0.25, -0.2) is 9.18 Å². The van der Waals surface area contributed by atoms with Gasteiger partial charge in [0.05, 0.1) is 6.42 Å². The highest BCUT2D eigenvalue weighted by Crippen LogP contribution is 2.13. The molecule has 6 heteroatoms. The van der Waals surface area contributed by atoms with E-state index in [9.17, 15) is 14.0 Å². The van der Waals surface area contributed by atoms with Crippen molar-refractivity contribution in [2.75, 3.05) is 19.6 Å². The van der Waals surface area contributed by atoms with Gasteiger partial charge in [-0.15, -0.1) is 0 Å². The van der Waals surface area contributed by atoms with Crippen molar-refractivity contribution in [3.63, 3.8) is 0 Å². The Morgan fingerprint density at radius 2 is 2.04 bits per heavy atom. The molecule has 0 saturated carbocycles. The second kappa shape index (κ2) is 8.50. The first kappa shape index (κ1) is 17.2. The minimum atomic E-state index is -0.323. The Balaban J connectivity index is 1.75. The van der Waals surface area contributed by atoms with Crippen LogP contribution in [0.25, 0.3) is 0 Å². The molecule has 2 rings (SSSR count). The number of piperidine rings is 1. The molecule has 1 fully saturated rings. The maximum Gasteiger partial charge on any atom is 0.315 e. The Kier molecular flexibility index (Phi) is 6.38. The third-order valence-corrected chi connectivity index (χ3v) is 3.96. The Hall–Kier alpha value is -2.11. The lowest BCUT2D eigenvalue weighted by atomic mass is 10.0. The number of hydrogen-bond donors (Lipinski definition) is 2. The minimum Gasteiger partial charge on any atom is -0.342 e. The SMILES string of the molecule is CCCNC(=O)NC1CCN(C(=O)Cc2cccc(F)c2)CC1. The van der Waals surface area contributed by atoms with Crippen LogP contribution in [0.2, 0.25) is 0 Å². The van der Waals surface area contributed by atoms with Crippen LogP contribution in [0, 0.1) is 5.82 Å². The summed E-state index contributed by atoms with van der Waals surface area (Å²) >= 11 is 0. The largest absolute Gasteiger partial charge is 0.342 e. The number of hydrogen-bond acceptors (Lipinski definition) is 2. The highest BCUT2D eigenvalue weighted by molar-refractivity contribution is 5.79. The number of benzene rings is 1. The summed E-state index contributed by atoms with van der Waals surface area (Å²) in [5.41, 5.74) is 0.689. The van der Waals surface area contributed by atoms with Crippen molar-refractivity contribution in [2.24, 2.45) is 0 Å². The summed E-state index contributed by atoms with van der Waals surface area (Å²) in [6.45, 7) is 3.90. The van der Waals surface area contributed by atoms with Crippen molar-refractivity contribution in [1.29, 1.82) is 0 Å². The first-order valence-corrected chi connectivity index (χ1v) is 8.15. The van der Waals surface area contributed by atoms with Crippen LogP contribution in [0.5, 0.6) is 0 Å². The molecule has 0 spiro atoms. The molecule has 3 amide bonds. The Bertz CT molecular complexity index is 542. The predicted molar refractivity (Wildman–Crippen MR) is 86.5 cm³/mol. The lowest BCUT2D eigenvalue weighted by molar-refractivity contribution is -0.131. The number of urea groups is 1. The predicted octanol–water partition coefficient (Wildman–Crippen LogP) is 2.07. The summed E-state index contributed by atoms with van der Waals surface area (Å²) in [5, 5.41) is 5.72. The Labute approximate surface area is 136 Å². The van der Waals surface area contributed by atoms with E-state index in [1.807, 2.05) is 6.92 Å². The molecule has 0 radical (unpaired) electrons. The average Bonchev–Trinajstić information content (AvgIpc) is 2.53. The van der Waals surface area contributed by atoms with Crippen LogP contribution < -0.4 is 10.6 Å². The molecule has 0 unspecified atom stereocenters. The number of carbonyl (C=O) groups excluding carboxylic acids is 2. The summed E-state index contributed by atoms with van der Waals surface area (Å²) in [6, 6.07) is 6.09. The third kappa shape index (κ3) is 5.54. The maximum absolute atomic E-state index is 13.1. The van der Waals surface area contributed by atoms with Crippen LogP contribution in [0.4, 0.5) is 9.18 Å². The molecule has 0 bridgehead atoms. The topological polar surface area (TPSA) is 61.4 Å². The molecule has 1 heterocycles. The number of rotatable bonds is 5. The van der Waals surface area contributed by atoms with Crippen LogP contribution >= 0.6 is 0 Å². The average molecular weight is 321 g/mol. The molecule has 0 atom stereocenters. The summed E-state index contributed by atoms with van der Waals surface area (Å²) in [5.74, 6) is -0.319. The lowest BCUT2D eigenvalue weighted by Crippen LogP contribution is -2.49. The number of amides is 3. The van der Waals surface area contributed by atoms with E-state index in [1.54, 1.807) is 17.0 Å². The van der Waals surface area contributed by atoms with Crippen molar-refractivity contribution in [1.82, 2.24) is 15.5 Å². The molecule has 5 nitrogen and oxygen atoms in total. The fraction of sp³-hybridized carbons (Fsp3) is 0.529. The molecule has 1 aliphatic rings. The van der Waals surface area contributed by atoms with Crippen molar-refractivity contribution < 1.29 is 14.0 Å². The van der Waals surface area contributed by atoms with Crippen molar-refractivity contribution in [3.8, 4) is 0 Å². The summed E-state index contributed by atoms with van der Waals surface area (Å²) in [7, 11) is 0. The van der Waals surface area contributed by atoms with E-state index in [0.29, 0.717) is 25.2 Å². The van der Waals surface area contributed by atoms with Crippen LogP contribution in [0.15, 0.2) is 24.3 Å². The van der Waals surface area contributed by atoms with E-state index in [-0.39, 0.29) is 30.2 Å². The van der Waals surface area contributed by atoms with E-state index < -0.39 is 0 Å². The van der Waals surface area contributed by atoms with Gasteiger partial charge in [0, 0.05) is 25.7 Å². The van der Waals surface area contributed by atoms with Crippen molar-refractivity contribution in [3.05, 3.63) is 35.6 Å². The number of likely N-dealkylation sites (tertiary alicyclic amines) is 1. The van der Waals surface area contributed by atoms with E-state index in [2.05, 4.69) is 10.6 Å². The molecule has 1 aromatic carbocycles. The normalized spacial score (nSPS) is 15.3. The van der Waals surface area contributed by atoms with Gasteiger partial charge in [0.25, 0.3) is 0 Å². The highest BCUT2D eigenvalue weighted by Gasteiger charge is 2.23. The van der Waals surface area contributed by atoms with Gasteiger partial charge in [-0.2, -0.15) is 0 Å². The first-order chi connectivity index (χ1) is 11.1. The first-order valence-electron chi connectivity index (χ1n) is 8.15. The van der Waals surface area contributed by atoms with Crippen LogP contribution in [-0.2, 0) is 11.2 Å².